The molecule has 0 aliphatic heterocycles. The summed E-state index contributed by atoms with van der Waals surface area (Å²) >= 11 is 0. The Hall–Kier alpha value is -2.38. The summed E-state index contributed by atoms with van der Waals surface area (Å²) in [6.45, 7) is 2.68. The smallest absolute Gasteiger partial charge is 0.133 e. The average Bonchev–Trinajstić information content (AvgIpc) is 2.46. The quantitative estimate of drug-likeness (QED) is 0.878. The number of aromatic nitrogens is 1. The lowest BCUT2D eigenvalue weighted by molar-refractivity contribution is 0.471. The first-order valence-electron chi connectivity index (χ1n) is 6.06. The van der Waals surface area contributed by atoms with E-state index in [1.165, 1.54) is 6.20 Å². The molecule has 0 aliphatic carbocycles. The van der Waals surface area contributed by atoms with Gasteiger partial charge in [-0.1, -0.05) is 12.1 Å². The number of benzene rings is 1. The van der Waals surface area contributed by atoms with Crippen LogP contribution in [0.15, 0.2) is 42.6 Å². The minimum Gasteiger partial charge on any atom is -0.506 e. The fourth-order valence-electron chi connectivity index (χ4n) is 1.74. The topological polar surface area (TPSA) is 68.9 Å². The first-order valence-corrected chi connectivity index (χ1v) is 6.06. The molecule has 0 saturated carbocycles. The van der Waals surface area contributed by atoms with Crippen molar-refractivity contribution in [1.29, 1.82) is 5.26 Å². The van der Waals surface area contributed by atoms with Crippen LogP contribution >= 0.6 is 0 Å². The highest BCUT2D eigenvalue weighted by molar-refractivity contribution is 5.32. The van der Waals surface area contributed by atoms with Crippen LogP contribution in [0.1, 0.15) is 29.8 Å². The fourth-order valence-corrected chi connectivity index (χ4v) is 1.74. The third-order valence-electron chi connectivity index (χ3n) is 2.94. The molecule has 0 amide bonds. The average molecular weight is 253 g/mol. The van der Waals surface area contributed by atoms with E-state index < -0.39 is 0 Å². The van der Waals surface area contributed by atoms with E-state index in [1.54, 1.807) is 12.1 Å². The Morgan fingerprint density at radius 2 is 2.00 bits per heavy atom. The summed E-state index contributed by atoms with van der Waals surface area (Å²) < 4.78 is 0. The summed E-state index contributed by atoms with van der Waals surface area (Å²) in [5.41, 5.74) is 2.66. The molecular weight excluding hydrogens is 238 g/mol. The minimum atomic E-state index is 0.170. The van der Waals surface area contributed by atoms with Crippen molar-refractivity contribution in [2.45, 2.75) is 19.5 Å². The maximum atomic E-state index is 9.15. The number of nitrogens with zero attached hydrogens (tertiary/aromatic N) is 2. The Balaban J connectivity index is 1.95. The standard InChI is InChI=1S/C15H15N3O/c1-11(13-4-2-12(8-16)3-5-13)17-9-14-6-7-15(19)10-18-14/h2-7,10-11,17,19H,9H2,1H3. The fraction of sp³-hybridized carbons (Fsp3) is 0.200. The zero-order valence-corrected chi connectivity index (χ0v) is 10.7. The van der Waals surface area contributed by atoms with Crippen LogP contribution in [0.2, 0.25) is 0 Å². The monoisotopic (exact) mass is 253 g/mol. The van der Waals surface area contributed by atoms with Gasteiger partial charge in [0.2, 0.25) is 0 Å². The molecular formula is C15H15N3O. The number of hydrogen-bond acceptors (Lipinski definition) is 4. The summed E-state index contributed by atoms with van der Waals surface area (Å²) in [5.74, 6) is 0.170. The van der Waals surface area contributed by atoms with Gasteiger partial charge < -0.3 is 10.4 Å². The summed E-state index contributed by atoms with van der Waals surface area (Å²) in [7, 11) is 0. The molecule has 2 rings (SSSR count). The minimum absolute atomic E-state index is 0.170. The molecule has 4 heteroatoms. The van der Waals surface area contributed by atoms with Gasteiger partial charge in [-0.15, -0.1) is 0 Å². The summed E-state index contributed by atoms with van der Waals surface area (Å²) in [6, 6.07) is 13.2. The van der Waals surface area contributed by atoms with Crippen LogP contribution in [-0.4, -0.2) is 10.1 Å². The maximum Gasteiger partial charge on any atom is 0.133 e. The van der Waals surface area contributed by atoms with Crippen molar-refractivity contribution in [3.05, 3.63) is 59.4 Å². The second-order valence-electron chi connectivity index (χ2n) is 4.34. The molecule has 0 fully saturated rings. The van der Waals surface area contributed by atoms with E-state index in [9.17, 15) is 0 Å². The molecule has 0 aliphatic rings. The number of hydrogen-bond donors (Lipinski definition) is 2. The van der Waals surface area contributed by atoms with E-state index in [-0.39, 0.29) is 11.8 Å². The zero-order chi connectivity index (χ0) is 13.7. The number of aromatic hydroxyl groups is 1. The molecule has 1 atom stereocenters. The maximum absolute atomic E-state index is 9.15. The molecule has 1 aromatic heterocycles. The molecule has 1 aromatic carbocycles. The number of rotatable bonds is 4. The molecule has 2 aromatic rings. The van der Waals surface area contributed by atoms with Gasteiger partial charge in [-0.25, -0.2) is 0 Å². The summed E-state index contributed by atoms with van der Waals surface area (Å²) in [4.78, 5) is 4.12. The van der Waals surface area contributed by atoms with Crippen molar-refractivity contribution in [1.82, 2.24) is 10.3 Å². The van der Waals surface area contributed by atoms with Crippen molar-refractivity contribution in [2.75, 3.05) is 0 Å². The SMILES string of the molecule is CC(NCc1ccc(O)cn1)c1ccc(C#N)cc1. The lowest BCUT2D eigenvalue weighted by atomic mass is 10.1. The van der Waals surface area contributed by atoms with Crippen LogP contribution in [0.3, 0.4) is 0 Å². The van der Waals surface area contributed by atoms with Crippen molar-refractivity contribution in [3.8, 4) is 11.8 Å². The Kier molecular flexibility index (Phi) is 4.11. The van der Waals surface area contributed by atoms with Crippen LogP contribution in [0, 0.1) is 11.3 Å². The molecule has 0 radical (unpaired) electrons. The van der Waals surface area contributed by atoms with Gasteiger partial charge in [0.05, 0.1) is 23.5 Å². The van der Waals surface area contributed by atoms with Crippen molar-refractivity contribution < 1.29 is 5.11 Å². The van der Waals surface area contributed by atoms with E-state index in [0.29, 0.717) is 12.1 Å². The van der Waals surface area contributed by atoms with Gasteiger partial charge >= 0.3 is 0 Å². The normalized spacial score (nSPS) is 11.8. The van der Waals surface area contributed by atoms with E-state index in [4.69, 9.17) is 10.4 Å². The van der Waals surface area contributed by atoms with Crippen LogP contribution in [0.25, 0.3) is 0 Å². The van der Waals surface area contributed by atoms with E-state index >= 15 is 0 Å². The third kappa shape index (κ3) is 3.54. The predicted molar refractivity (Wildman–Crippen MR) is 72.3 cm³/mol. The number of nitrogens with one attached hydrogen (secondary N) is 1. The van der Waals surface area contributed by atoms with Crippen molar-refractivity contribution >= 4 is 0 Å². The van der Waals surface area contributed by atoms with Crippen LogP contribution < -0.4 is 5.32 Å². The van der Waals surface area contributed by atoms with Gasteiger partial charge in [0.15, 0.2) is 0 Å². The highest BCUT2D eigenvalue weighted by Crippen LogP contribution is 2.14. The van der Waals surface area contributed by atoms with Crippen LogP contribution in [0.4, 0.5) is 0 Å². The summed E-state index contributed by atoms with van der Waals surface area (Å²) in [6.07, 6.45) is 1.43. The van der Waals surface area contributed by atoms with Crippen LogP contribution in [-0.2, 0) is 6.54 Å². The molecule has 4 nitrogen and oxygen atoms in total. The number of pyridine rings is 1. The van der Waals surface area contributed by atoms with Gasteiger partial charge in [0, 0.05) is 12.6 Å². The van der Waals surface area contributed by atoms with Gasteiger partial charge in [0.1, 0.15) is 5.75 Å². The Morgan fingerprint density at radius 1 is 1.26 bits per heavy atom. The zero-order valence-electron chi connectivity index (χ0n) is 10.7. The first-order chi connectivity index (χ1) is 9.19. The van der Waals surface area contributed by atoms with E-state index in [0.717, 1.165) is 11.3 Å². The van der Waals surface area contributed by atoms with Gasteiger partial charge in [-0.3, -0.25) is 4.98 Å². The molecule has 1 unspecified atom stereocenters. The molecule has 1 heterocycles. The second-order valence-corrected chi connectivity index (χ2v) is 4.34. The highest BCUT2D eigenvalue weighted by Gasteiger charge is 2.05. The predicted octanol–water partition coefficient (Wildman–Crippen LogP) is 2.51. The highest BCUT2D eigenvalue weighted by atomic mass is 16.3. The third-order valence-corrected chi connectivity index (χ3v) is 2.94. The first kappa shape index (κ1) is 13.1. The Morgan fingerprint density at radius 3 is 2.58 bits per heavy atom. The van der Waals surface area contributed by atoms with Crippen LogP contribution in [0.5, 0.6) is 5.75 Å². The molecule has 2 N–H and O–H groups in total. The second kappa shape index (κ2) is 5.98. The van der Waals surface area contributed by atoms with Crippen molar-refractivity contribution in [3.63, 3.8) is 0 Å². The molecule has 19 heavy (non-hydrogen) atoms. The molecule has 0 bridgehead atoms. The van der Waals surface area contributed by atoms with E-state index in [2.05, 4.69) is 23.3 Å². The van der Waals surface area contributed by atoms with Crippen molar-refractivity contribution in [2.24, 2.45) is 0 Å². The largest absolute Gasteiger partial charge is 0.506 e. The van der Waals surface area contributed by atoms with Gasteiger partial charge in [-0.2, -0.15) is 5.26 Å². The lowest BCUT2D eigenvalue weighted by Gasteiger charge is -2.14. The van der Waals surface area contributed by atoms with Gasteiger partial charge in [-0.05, 0) is 36.8 Å². The number of nitriles is 1. The molecule has 0 spiro atoms. The van der Waals surface area contributed by atoms with E-state index in [1.807, 2.05) is 24.3 Å². The Bertz CT molecular complexity index is 570. The molecule has 96 valence electrons. The summed E-state index contributed by atoms with van der Waals surface area (Å²) in [5, 5.41) is 21.2. The Labute approximate surface area is 112 Å². The molecule has 0 saturated heterocycles. The van der Waals surface area contributed by atoms with Gasteiger partial charge in [0.25, 0.3) is 0 Å². The lowest BCUT2D eigenvalue weighted by Crippen LogP contribution is -2.18.